The van der Waals surface area contributed by atoms with E-state index in [4.69, 9.17) is 10.9 Å². The first-order valence-electron chi connectivity index (χ1n) is 6.90. The highest BCUT2D eigenvalue weighted by Gasteiger charge is 2.27. The highest BCUT2D eigenvalue weighted by atomic mass is 16.5. The quantitative estimate of drug-likeness (QED) is 0.539. The Bertz CT molecular complexity index is 559. The van der Waals surface area contributed by atoms with Crippen LogP contribution in [0, 0.1) is 5.92 Å². The third-order valence-electron chi connectivity index (χ3n) is 3.73. The molecule has 0 unspecified atom stereocenters. The zero-order valence-electron chi connectivity index (χ0n) is 12.2. The van der Waals surface area contributed by atoms with Crippen molar-refractivity contribution in [3.05, 3.63) is 29.1 Å². The van der Waals surface area contributed by atoms with Crippen LogP contribution >= 0.6 is 0 Å². The van der Waals surface area contributed by atoms with E-state index in [0.29, 0.717) is 25.1 Å². The number of nitrogens with two attached hydrogens (primary N) is 1. The second kappa shape index (κ2) is 6.19. The van der Waals surface area contributed by atoms with Gasteiger partial charge in [0, 0.05) is 12.7 Å². The van der Waals surface area contributed by atoms with Crippen LogP contribution in [0.5, 0.6) is 0 Å². The number of nitrogens with one attached hydrogen (secondary N) is 1. The van der Waals surface area contributed by atoms with Crippen molar-refractivity contribution in [1.29, 1.82) is 0 Å². The van der Waals surface area contributed by atoms with Crippen LogP contribution in [0.25, 0.3) is 0 Å². The number of hydroxylamine groups is 1. The second-order valence-electron chi connectivity index (χ2n) is 5.55. The standard InChI is InChI=1S/C14H20N4O3/c1-8(2)12(15)14(20)18-4-3-9-5-10(13(19)17-21)6-16-11(9)7-18/h5-6,8,12,21H,3-4,7,15H2,1-2H3,(H,17,19)/t12-/m0/s1. The summed E-state index contributed by atoms with van der Waals surface area (Å²) in [7, 11) is 0. The topological polar surface area (TPSA) is 109 Å². The van der Waals surface area contributed by atoms with Crippen molar-refractivity contribution in [3.63, 3.8) is 0 Å². The van der Waals surface area contributed by atoms with Gasteiger partial charge in [-0.2, -0.15) is 0 Å². The number of hydrogen-bond acceptors (Lipinski definition) is 5. The predicted molar refractivity (Wildman–Crippen MR) is 75.4 cm³/mol. The number of nitrogens with zero attached hydrogens (tertiary/aromatic N) is 2. The van der Waals surface area contributed by atoms with Gasteiger partial charge >= 0.3 is 0 Å². The Morgan fingerprint density at radius 2 is 2.19 bits per heavy atom. The van der Waals surface area contributed by atoms with Crippen molar-refractivity contribution in [2.24, 2.45) is 11.7 Å². The number of aromatic nitrogens is 1. The summed E-state index contributed by atoms with van der Waals surface area (Å²) in [5, 5.41) is 8.63. The van der Waals surface area contributed by atoms with Crippen LogP contribution in [0.3, 0.4) is 0 Å². The number of fused-ring (bicyclic) bond motifs is 1. The van der Waals surface area contributed by atoms with E-state index in [0.717, 1.165) is 11.3 Å². The van der Waals surface area contributed by atoms with Crippen LogP contribution in [0.2, 0.25) is 0 Å². The molecule has 0 aromatic carbocycles. The van der Waals surface area contributed by atoms with E-state index < -0.39 is 11.9 Å². The van der Waals surface area contributed by atoms with Gasteiger partial charge in [-0.3, -0.25) is 19.8 Å². The Labute approximate surface area is 123 Å². The smallest absolute Gasteiger partial charge is 0.276 e. The molecule has 0 saturated heterocycles. The van der Waals surface area contributed by atoms with E-state index in [1.807, 2.05) is 13.8 Å². The van der Waals surface area contributed by atoms with Crippen molar-refractivity contribution in [3.8, 4) is 0 Å². The molecule has 1 aliphatic rings. The average molecular weight is 292 g/mol. The van der Waals surface area contributed by atoms with Gasteiger partial charge in [-0.1, -0.05) is 13.8 Å². The second-order valence-corrected chi connectivity index (χ2v) is 5.55. The maximum atomic E-state index is 12.2. The summed E-state index contributed by atoms with van der Waals surface area (Å²) in [4.78, 5) is 29.5. The molecular weight excluding hydrogens is 272 g/mol. The summed E-state index contributed by atoms with van der Waals surface area (Å²) < 4.78 is 0. The van der Waals surface area contributed by atoms with Crippen molar-refractivity contribution in [2.75, 3.05) is 6.54 Å². The van der Waals surface area contributed by atoms with Gasteiger partial charge in [0.1, 0.15) is 0 Å². The highest BCUT2D eigenvalue weighted by molar-refractivity contribution is 5.93. The zero-order valence-corrected chi connectivity index (χ0v) is 12.2. The van der Waals surface area contributed by atoms with Gasteiger partial charge in [0.2, 0.25) is 5.91 Å². The number of amides is 2. The number of hydrogen-bond donors (Lipinski definition) is 3. The Hall–Kier alpha value is -1.99. The average Bonchev–Trinajstić information content (AvgIpc) is 2.51. The summed E-state index contributed by atoms with van der Waals surface area (Å²) in [5.74, 6) is -0.581. The molecule has 2 rings (SSSR count). The lowest BCUT2D eigenvalue weighted by atomic mass is 9.99. The van der Waals surface area contributed by atoms with Gasteiger partial charge < -0.3 is 10.6 Å². The highest BCUT2D eigenvalue weighted by Crippen LogP contribution is 2.19. The van der Waals surface area contributed by atoms with E-state index in [2.05, 4.69) is 4.98 Å². The Morgan fingerprint density at radius 1 is 1.48 bits per heavy atom. The zero-order chi connectivity index (χ0) is 15.6. The van der Waals surface area contributed by atoms with Crippen LogP contribution in [0.4, 0.5) is 0 Å². The number of carbonyl (C=O) groups is 2. The summed E-state index contributed by atoms with van der Waals surface area (Å²) in [6.45, 7) is 4.78. The minimum absolute atomic E-state index is 0.0744. The van der Waals surface area contributed by atoms with Crippen LogP contribution in [-0.2, 0) is 17.8 Å². The molecule has 1 aromatic rings. The van der Waals surface area contributed by atoms with E-state index in [1.54, 1.807) is 16.4 Å². The Morgan fingerprint density at radius 3 is 2.81 bits per heavy atom. The minimum atomic E-state index is -0.592. The lowest BCUT2D eigenvalue weighted by Gasteiger charge is -2.31. The minimum Gasteiger partial charge on any atom is -0.335 e. The molecule has 1 aliphatic heterocycles. The van der Waals surface area contributed by atoms with Crippen LogP contribution in [0.15, 0.2) is 12.3 Å². The van der Waals surface area contributed by atoms with Crippen molar-refractivity contribution in [2.45, 2.75) is 32.9 Å². The van der Waals surface area contributed by atoms with E-state index in [1.165, 1.54) is 6.20 Å². The van der Waals surface area contributed by atoms with Gasteiger partial charge in [0.25, 0.3) is 5.91 Å². The number of pyridine rings is 1. The SMILES string of the molecule is CC(C)[C@H](N)C(=O)N1CCc2cc(C(=O)NO)cnc2C1. The van der Waals surface area contributed by atoms with Gasteiger partial charge in [-0.05, 0) is 24.0 Å². The molecule has 2 heterocycles. The first-order chi connectivity index (χ1) is 9.93. The van der Waals surface area contributed by atoms with E-state index >= 15 is 0 Å². The van der Waals surface area contributed by atoms with Crippen molar-refractivity contribution < 1.29 is 14.8 Å². The van der Waals surface area contributed by atoms with Crippen LogP contribution in [0.1, 0.15) is 35.5 Å². The molecule has 7 nitrogen and oxygen atoms in total. The molecular formula is C14H20N4O3. The van der Waals surface area contributed by atoms with Gasteiger partial charge in [0.05, 0.1) is 23.8 Å². The first kappa shape index (κ1) is 15.4. The fourth-order valence-electron chi connectivity index (χ4n) is 2.29. The number of carbonyl (C=O) groups excluding carboxylic acids is 2. The largest absolute Gasteiger partial charge is 0.335 e. The van der Waals surface area contributed by atoms with E-state index in [-0.39, 0.29) is 11.8 Å². The molecule has 0 fully saturated rings. The molecule has 0 radical (unpaired) electrons. The molecule has 0 saturated carbocycles. The lowest BCUT2D eigenvalue weighted by Crippen LogP contribution is -2.48. The van der Waals surface area contributed by atoms with Crippen LogP contribution < -0.4 is 11.2 Å². The Balaban J connectivity index is 2.15. The first-order valence-corrected chi connectivity index (χ1v) is 6.90. The summed E-state index contributed by atoms with van der Waals surface area (Å²) in [5.41, 5.74) is 9.46. The molecule has 0 bridgehead atoms. The molecule has 1 aromatic heterocycles. The van der Waals surface area contributed by atoms with Crippen molar-refractivity contribution >= 4 is 11.8 Å². The number of rotatable bonds is 3. The van der Waals surface area contributed by atoms with Gasteiger partial charge in [-0.25, -0.2) is 5.48 Å². The monoisotopic (exact) mass is 292 g/mol. The molecule has 114 valence electrons. The lowest BCUT2D eigenvalue weighted by molar-refractivity contribution is -0.134. The summed E-state index contributed by atoms with van der Waals surface area (Å²) >= 11 is 0. The maximum Gasteiger partial charge on any atom is 0.276 e. The van der Waals surface area contributed by atoms with E-state index in [9.17, 15) is 9.59 Å². The molecule has 2 amide bonds. The normalized spacial score (nSPS) is 15.6. The Kier molecular flexibility index (Phi) is 4.54. The summed E-state index contributed by atoms with van der Waals surface area (Å²) in [6, 6.07) is 1.18. The summed E-state index contributed by atoms with van der Waals surface area (Å²) in [6.07, 6.45) is 2.01. The maximum absolute atomic E-state index is 12.2. The molecule has 7 heteroatoms. The predicted octanol–water partition coefficient (Wildman–Crippen LogP) is 0.0686. The molecule has 0 spiro atoms. The fraction of sp³-hybridized carbons (Fsp3) is 0.500. The third-order valence-corrected chi connectivity index (χ3v) is 3.73. The molecule has 21 heavy (non-hydrogen) atoms. The van der Waals surface area contributed by atoms with Crippen molar-refractivity contribution in [1.82, 2.24) is 15.4 Å². The van der Waals surface area contributed by atoms with Gasteiger partial charge in [-0.15, -0.1) is 0 Å². The molecule has 1 atom stereocenters. The fourth-order valence-corrected chi connectivity index (χ4v) is 2.29. The third kappa shape index (κ3) is 3.20. The van der Waals surface area contributed by atoms with Crippen LogP contribution in [-0.4, -0.2) is 39.5 Å². The molecule has 4 N–H and O–H groups in total. The molecule has 0 aliphatic carbocycles. The van der Waals surface area contributed by atoms with Gasteiger partial charge in [0.15, 0.2) is 0 Å².